The fraction of sp³-hybridized carbons (Fsp3) is 0.435. The topological polar surface area (TPSA) is 47.6 Å². The summed E-state index contributed by atoms with van der Waals surface area (Å²) in [5, 5.41) is 3.14. The molecule has 4 rings (SSSR count). The molecule has 0 saturated heterocycles. The first kappa shape index (κ1) is 17.9. The van der Waals surface area contributed by atoms with Gasteiger partial charge in [0.15, 0.2) is 6.61 Å². The molecule has 0 saturated carbocycles. The molecular weight excluding hydrogens is 338 g/mol. The Labute approximate surface area is 160 Å². The van der Waals surface area contributed by atoms with Crippen LogP contribution in [0.25, 0.3) is 0 Å². The summed E-state index contributed by atoms with van der Waals surface area (Å²) in [5.41, 5.74) is 5.26. The van der Waals surface area contributed by atoms with Gasteiger partial charge in [0.25, 0.3) is 5.91 Å². The highest BCUT2D eigenvalue weighted by atomic mass is 16.5. The van der Waals surface area contributed by atoms with Crippen molar-refractivity contribution in [1.82, 2.24) is 5.32 Å². The first-order valence-electron chi connectivity index (χ1n) is 9.94. The summed E-state index contributed by atoms with van der Waals surface area (Å²) < 4.78 is 11.1. The van der Waals surface area contributed by atoms with Gasteiger partial charge in [0.1, 0.15) is 11.5 Å². The molecule has 2 aliphatic rings. The molecule has 2 aliphatic carbocycles. The molecule has 0 radical (unpaired) electrons. The Kier molecular flexibility index (Phi) is 5.33. The molecule has 4 heteroatoms. The van der Waals surface area contributed by atoms with E-state index < -0.39 is 0 Å². The summed E-state index contributed by atoms with van der Waals surface area (Å²) in [6.07, 6.45) is 7.83. The highest BCUT2D eigenvalue weighted by Crippen LogP contribution is 2.32. The highest BCUT2D eigenvalue weighted by molar-refractivity contribution is 5.78. The summed E-state index contributed by atoms with van der Waals surface area (Å²) in [4.78, 5) is 12.4. The van der Waals surface area contributed by atoms with Crippen LogP contribution in [-0.2, 0) is 24.1 Å². The highest BCUT2D eigenvalue weighted by Gasteiger charge is 2.22. The maximum atomic E-state index is 12.4. The van der Waals surface area contributed by atoms with Gasteiger partial charge >= 0.3 is 0 Å². The lowest BCUT2D eigenvalue weighted by Crippen LogP contribution is -2.34. The quantitative estimate of drug-likeness (QED) is 0.866. The molecule has 0 fully saturated rings. The molecule has 0 aromatic heterocycles. The largest absolute Gasteiger partial charge is 0.497 e. The summed E-state index contributed by atoms with van der Waals surface area (Å²) in [7, 11) is 1.68. The number of hydrogen-bond acceptors (Lipinski definition) is 3. The molecule has 1 unspecified atom stereocenters. The average Bonchev–Trinajstić information content (AvgIpc) is 2.72. The molecule has 1 atom stereocenters. The Bertz CT molecular complexity index is 830. The molecule has 0 aliphatic heterocycles. The van der Waals surface area contributed by atoms with Gasteiger partial charge in [-0.25, -0.2) is 0 Å². The van der Waals surface area contributed by atoms with Gasteiger partial charge in [-0.15, -0.1) is 0 Å². The van der Waals surface area contributed by atoms with Crippen molar-refractivity contribution >= 4 is 5.91 Å². The molecule has 142 valence electrons. The minimum absolute atomic E-state index is 0.0549. The van der Waals surface area contributed by atoms with Gasteiger partial charge in [0.05, 0.1) is 13.2 Å². The van der Waals surface area contributed by atoms with Crippen LogP contribution in [0.1, 0.15) is 54.0 Å². The third-order valence-corrected chi connectivity index (χ3v) is 5.69. The number of rotatable bonds is 5. The Hall–Kier alpha value is -2.49. The number of aryl methyl sites for hydroxylation is 3. The van der Waals surface area contributed by atoms with E-state index in [1.165, 1.54) is 35.1 Å². The third-order valence-electron chi connectivity index (χ3n) is 5.69. The van der Waals surface area contributed by atoms with Crippen LogP contribution in [0.3, 0.4) is 0 Å². The van der Waals surface area contributed by atoms with Crippen molar-refractivity contribution in [2.75, 3.05) is 13.7 Å². The van der Waals surface area contributed by atoms with Crippen molar-refractivity contribution in [3.05, 3.63) is 58.7 Å². The van der Waals surface area contributed by atoms with Crippen molar-refractivity contribution in [2.45, 2.75) is 51.0 Å². The van der Waals surface area contributed by atoms with Gasteiger partial charge in [-0.3, -0.25) is 4.79 Å². The lowest BCUT2D eigenvalue weighted by molar-refractivity contribution is -0.123. The molecule has 1 N–H and O–H groups in total. The standard InChI is InChI=1S/C23H27NO3/c1-26-19-11-12-21-18(14-19)7-4-8-22(21)24-23(25)15-27-20-10-9-16-5-2-3-6-17(16)13-20/h9-14,22H,2-8,15H2,1H3,(H,24,25). The van der Waals surface area contributed by atoms with Crippen molar-refractivity contribution in [2.24, 2.45) is 0 Å². The molecule has 1 amide bonds. The molecule has 0 spiro atoms. The monoisotopic (exact) mass is 365 g/mol. The molecule has 2 aromatic rings. The van der Waals surface area contributed by atoms with Crippen molar-refractivity contribution in [3.63, 3.8) is 0 Å². The number of fused-ring (bicyclic) bond motifs is 2. The average molecular weight is 365 g/mol. The predicted octanol–water partition coefficient (Wildman–Crippen LogP) is 4.15. The van der Waals surface area contributed by atoms with Crippen LogP contribution in [0.5, 0.6) is 11.5 Å². The minimum Gasteiger partial charge on any atom is -0.497 e. The predicted molar refractivity (Wildman–Crippen MR) is 105 cm³/mol. The van der Waals surface area contributed by atoms with Crippen LogP contribution >= 0.6 is 0 Å². The van der Waals surface area contributed by atoms with E-state index in [0.717, 1.165) is 43.6 Å². The van der Waals surface area contributed by atoms with Crippen LogP contribution in [0, 0.1) is 0 Å². The van der Waals surface area contributed by atoms with Crippen molar-refractivity contribution < 1.29 is 14.3 Å². The maximum Gasteiger partial charge on any atom is 0.258 e. The van der Waals surface area contributed by atoms with E-state index in [2.05, 4.69) is 29.6 Å². The van der Waals surface area contributed by atoms with Gasteiger partial charge in [0, 0.05) is 0 Å². The maximum absolute atomic E-state index is 12.4. The molecule has 4 nitrogen and oxygen atoms in total. The Morgan fingerprint density at radius 3 is 2.56 bits per heavy atom. The zero-order chi connectivity index (χ0) is 18.6. The van der Waals surface area contributed by atoms with Crippen LogP contribution in [0.2, 0.25) is 0 Å². The zero-order valence-electron chi connectivity index (χ0n) is 15.9. The number of methoxy groups -OCH3 is 1. The first-order chi connectivity index (χ1) is 13.2. The number of ether oxygens (including phenoxy) is 2. The van der Waals surface area contributed by atoms with Gasteiger partial charge < -0.3 is 14.8 Å². The second-order valence-electron chi connectivity index (χ2n) is 7.50. The van der Waals surface area contributed by atoms with Gasteiger partial charge in [-0.2, -0.15) is 0 Å². The van der Waals surface area contributed by atoms with Crippen LogP contribution in [0.4, 0.5) is 0 Å². The molecule has 27 heavy (non-hydrogen) atoms. The van der Waals surface area contributed by atoms with Gasteiger partial charge in [0.2, 0.25) is 0 Å². The fourth-order valence-electron chi connectivity index (χ4n) is 4.25. The third kappa shape index (κ3) is 4.10. The van der Waals surface area contributed by atoms with Crippen LogP contribution in [-0.4, -0.2) is 19.6 Å². The Balaban J connectivity index is 1.36. The normalized spacial score (nSPS) is 18.2. The van der Waals surface area contributed by atoms with E-state index in [1.54, 1.807) is 7.11 Å². The van der Waals surface area contributed by atoms with E-state index in [9.17, 15) is 4.79 Å². The van der Waals surface area contributed by atoms with Gasteiger partial charge in [-0.05, 0) is 91.5 Å². The van der Waals surface area contributed by atoms with Crippen molar-refractivity contribution in [1.29, 1.82) is 0 Å². The van der Waals surface area contributed by atoms with E-state index in [4.69, 9.17) is 9.47 Å². The van der Waals surface area contributed by atoms with Crippen LogP contribution in [0.15, 0.2) is 36.4 Å². The van der Waals surface area contributed by atoms with E-state index in [-0.39, 0.29) is 18.6 Å². The molecule has 0 heterocycles. The zero-order valence-corrected chi connectivity index (χ0v) is 15.9. The first-order valence-corrected chi connectivity index (χ1v) is 9.94. The smallest absolute Gasteiger partial charge is 0.258 e. The van der Waals surface area contributed by atoms with E-state index in [1.807, 2.05) is 12.1 Å². The number of hydrogen-bond donors (Lipinski definition) is 1. The number of carbonyl (C=O) groups is 1. The summed E-state index contributed by atoms with van der Waals surface area (Å²) in [6.45, 7) is 0.0563. The SMILES string of the molecule is COc1ccc2c(c1)CCCC2NC(=O)COc1ccc2c(c1)CCCC2. The van der Waals surface area contributed by atoms with E-state index in [0.29, 0.717) is 0 Å². The lowest BCUT2D eigenvalue weighted by atomic mass is 9.87. The summed E-state index contributed by atoms with van der Waals surface area (Å²) in [6, 6.07) is 12.4. The minimum atomic E-state index is -0.0682. The summed E-state index contributed by atoms with van der Waals surface area (Å²) in [5.74, 6) is 1.59. The molecule has 0 bridgehead atoms. The van der Waals surface area contributed by atoms with Crippen LogP contribution < -0.4 is 14.8 Å². The Morgan fingerprint density at radius 2 is 1.70 bits per heavy atom. The number of carbonyl (C=O) groups excluding carboxylic acids is 1. The Morgan fingerprint density at radius 1 is 0.963 bits per heavy atom. The number of benzene rings is 2. The number of nitrogens with one attached hydrogen (secondary N) is 1. The summed E-state index contributed by atoms with van der Waals surface area (Å²) >= 11 is 0. The van der Waals surface area contributed by atoms with E-state index >= 15 is 0 Å². The molecule has 2 aromatic carbocycles. The fourth-order valence-corrected chi connectivity index (χ4v) is 4.25. The number of amides is 1. The lowest BCUT2D eigenvalue weighted by Gasteiger charge is -2.27. The van der Waals surface area contributed by atoms with Crippen molar-refractivity contribution in [3.8, 4) is 11.5 Å². The molecular formula is C23H27NO3. The second-order valence-corrected chi connectivity index (χ2v) is 7.50. The van der Waals surface area contributed by atoms with Gasteiger partial charge in [-0.1, -0.05) is 12.1 Å². The second kappa shape index (κ2) is 8.03.